The standard InChI is InChI=1S/C24H20FN5O2.H2/c1-30(24(27)32-21(26)16-11-13-17(25)14-12-16)22-23(31)28-19-10-6-5-9-18(19)20(29-22)15-7-3-2-4-8-15;/h2-14,22,26-27H,1H3,(H,28,31);1H. The molecule has 1 aliphatic rings. The van der Waals surface area contributed by atoms with Crippen molar-refractivity contribution >= 4 is 29.2 Å². The molecule has 7 nitrogen and oxygen atoms in total. The molecule has 1 heterocycles. The number of hydrogen-bond donors (Lipinski definition) is 3. The summed E-state index contributed by atoms with van der Waals surface area (Å²) in [5.41, 5.74) is 3.09. The highest BCUT2D eigenvalue weighted by atomic mass is 19.1. The number of amides is 1. The highest BCUT2D eigenvalue weighted by molar-refractivity contribution is 6.19. The highest BCUT2D eigenvalue weighted by Crippen LogP contribution is 2.25. The van der Waals surface area contributed by atoms with Crippen LogP contribution in [-0.4, -0.2) is 41.7 Å². The SMILES string of the molecule is CN(C(=N)OC(=N)c1ccc(F)cc1)C1N=C(c2ccccc2)c2ccccc2NC1=O.[HH]. The number of hydrogen-bond acceptors (Lipinski definition) is 5. The van der Waals surface area contributed by atoms with Gasteiger partial charge in [-0.3, -0.25) is 20.5 Å². The van der Waals surface area contributed by atoms with Crippen LogP contribution in [0.2, 0.25) is 0 Å². The first-order valence-electron chi connectivity index (χ1n) is 9.81. The van der Waals surface area contributed by atoms with Crippen LogP contribution in [0.15, 0.2) is 83.9 Å². The number of para-hydroxylation sites is 1. The molecule has 3 aromatic carbocycles. The smallest absolute Gasteiger partial charge is 0.293 e. The molecule has 3 N–H and O–H groups in total. The number of anilines is 1. The van der Waals surface area contributed by atoms with Crippen LogP contribution >= 0.6 is 0 Å². The van der Waals surface area contributed by atoms with Crippen molar-refractivity contribution in [1.82, 2.24) is 4.90 Å². The molecule has 0 aliphatic carbocycles. The first-order valence-corrected chi connectivity index (χ1v) is 9.81. The molecule has 0 fully saturated rings. The van der Waals surface area contributed by atoms with Crippen molar-refractivity contribution in [3.8, 4) is 0 Å². The third kappa shape index (κ3) is 4.24. The molecule has 162 valence electrons. The topological polar surface area (TPSA) is 102 Å². The number of carbonyl (C=O) groups excluding carboxylic acids is 1. The van der Waals surface area contributed by atoms with Crippen LogP contribution in [0.5, 0.6) is 0 Å². The minimum Gasteiger partial charge on any atom is -0.407 e. The lowest BCUT2D eigenvalue weighted by molar-refractivity contribution is -0.119. The molecule has 3 aromatic rings. The van der Waals surface area contributed by atoms with E-state index in [-0.39, 0.29) is 7.32 Å². The Kier molecular flexibility index (Phi) is 5.76. The Hall–Kier alpha value is -4.33. The van der Waals surface area contributed by atoms with Gasteiger partial charge in [0.25, 0.3) is 11.9 Å². The van der Waals surface area contributed by atoms with Crippen LogP contribution in [-0.2, 0) is 9.53 Å². The highest BCUT2D eigenvalue weighted by Gasteiger charge is 2.31. The molecule has 1 aliphatic heterocycles. The molecular weight excluding hydrogens is 409 g/mol. The fourth-order valence-corrected chi connectivity index (χ4v) is 3.27. The van der Waals surface area contributed by atoms with Crippen LogP contribution in [0.4, 0.5) is 10.1 Å². The van der Waals surface area contributed by atoms with Gasteiger partial charge in [0, 0.05) is 25.2 Å². The van der Waals surface area contributed by atoms with Gasteiger partial charge in [-0.05, 0) is 30.3 Å². The summed E-state index contributed by atoms with van der Waals surface area (Å²) in [7, 11) is 1.49. The van der Waals surface area contributed by atoms with Crippen molar-refractivity contribution in [3.05, 3.63) is 101 Å². The van der Waals surface area contributed by atoms with Gasteiger partial charge in [0.1, 0.15) is 5.82 Å². The van der Waals surface area contributed by atoms with Gasteiger partial charge in [-0.2, -0.15) is 0 Å². The summed E-state index contributed by atoms with van der Waals surface area (Å²) in [6, 6.07) is 21.5. The number of carbonyl (C=O) groups is 1. The molecule has 1 atom stereocenters. The Labute approximate surface area is 185 Å². The first kappa shape index (κ1) is 20.9. The fourth-order valence-electron chi connectivity index (χ4n) is 3.27. The quantitative estimate of drug-likeness (QED) is 0.430. The van der Waals surface area contributed by atoms with E-state index in [9.17, 15) is 9.18 Å². The number of aliphatic imine (C=N–C) groups is 1. The second-order valence-electron chi connectivity index (χ2n) is 7.11. The van der Waals surface area contributed by atoms with Gasteiger partial charge in [-0.25, -0.2) is 9.38 Å². The van der Waals surface area contributed by atoms with E-state index >= 15 is 0 Å². The van der Waals surface area contributed by atoms with Gasteiger partial charge in [0.2, 0.25) is 12.1 Å². The third-order valence-corrected chi connectivity index (χ3v) is 4.97. The molecule has 8 heteroatoms. The molecule has 0 aromatic heterocycles. The second kappa shape index (κ2) is 8.81. The number of nitrogens with one attached hydrogen (secondary N) is 3. The van der Waals surface area contributed by atoms with E-state index in [2.05, 4.69) is 10.3 Å². The molecule has 0 saturated heterocycles. The summed E-state index contributed by atoms with van der Waals surface area (Å²) in [5.74, 6) is -1.22. The van der Waals surface area contributed by atoms with E-state index < -0.39 is 23.9 Å². The summed E-state index contributed by atoms with van der Waals surface area (Å²) >= 11 is 0. The number of rotatable bonds is 3. The van der Waals surface area contributed by atoms with Crippen molar-refractivity contribution in [2.45, 2.75) is 6.17 Å². The zero-order chi connectivity index (χ0) is 22.7. The Balaban J connectivity index is 0.00000306. The van der Waals surface area contributed by atoms with E-state index in [0.29, 0.717) is 17.0 Å². The summed E-state index contributed by atoms with van der Waals surface area (Å²) in [6.07, 6.45) is -1.11. The third-order valence-electron chi connectivity index (χ3n) is 4.97. The number of likely N-dealkylation sites (N-methyl/N-ethyl adjacent to an activating group) is 1. The fraction of sp³-hybridized carbons (Fsp3) is 0.0833. The van der Waals surface area contributed by atoms with Gasteiger partial charge in [-0.15, -0.1) is 0 Å². The maximum atomic E-state index is 13.1. The molecule has 1 unspecified atom stereocenters. The van der Waals surface area contributed by atoms with Crippen molar-refractivity contribution in [2.24, 2.45) is 4.99 Å². The van der Waals surface area contributed by atoms with Crippen LogP contribution in [0, 0.1) is 16.6 Å². The zero-order valence-electron chi connectivity index (χ0n) is 17.2. The summed E-state index contributed by atoms with van der Waals surface area (Å²) < 4.78 is 18.5. The molecular formula is C24H22FN5O2. The van der Waals surface area contributed by atoms with Crippen molar-refractivity contribution in [3.63, 3.8) is 0 Å². The monoisotopic (exact) mass is 431 g/mol. The van der Waals surface area contributed by atoms with Crippen LogP contribution in [0.25, 0.3) is 0 Å². The van der Waals surface area contributed by atoms with Crippen LogP contribution in [0.3, 0.4) is 0 Å². The molecule has 0 spiro atoms. The maximum Gasteiger partial charge on any atom is 0.293 e. The number of benzodiazepines with no additional fused rings is 1. The summed E-state index contributed by atoms with van der Waals surface area (Å²) in [6.45, 7) is 0. The van der Waals surface area contributed by atoms with E-state index in [0.717, 1.165) is 11.1 Å². The summed E-state index contributed by atoms with van der Waals surface area (Å²) in [4.78, 5) is 18.9. The molecule has 0 bridgehead atoms. The number of benzene rings is 3. The lowest BCUT2D eigenvalue weighted by atomic mass is 10.0. The average molecular weight is 431 g/mol. The van der Waals surface area contributed by atoms with Crippen molar-refractivity contribution < 1.29 is 15.3 Å². The Morgan fingerprint density at radius 3 is 2.41 bits per heavy atom. The van der Waals surface area contributed by atoms with Crippen molar-refractivity contribution in [2.75, 3.05) is 12.4 Å². The van der Waals surface area contributed by atoms with E-state index in [1.54, 1.807) is 6.07 Å². The molecule has 0 saturated carbocycles. The average Bonchev–Trinajstić information content (AvgIpc) is 2.95. The lowest BCUT2D eigenvalue weighted by Gasteiger charge is -2.25. The normalized spacial score (nSPS) is 15.0. The molecule has 0 radical (unpaired) electrons. The minimum absolute atomic E-state index is 0. The van der Waals surface area contributed by atoms with Gasteiger partial charge in [0.15, 0.2) is 0 Å². The Morgan fingerprint density at radius 1 is 1.03 bits per heavy atom. The van der Waals surface area contributed by atoms with Gasteiger partial charge in [0.05, 0.1) is 11.4 Å². The van der Waals surface area contributed by atoms with Gasteiger partial charge < -0.3 is 10.1 Å². The van der Waals surface area contributed by atoms with E-state index in [1.807, 2.05) is 48.5 Å². The zero-order valence-corrected chi connectivity index (χ0v) is 17.2. The molecule has 1 amide bonds. The molecule has 32 heavy (non-hydrogen) atoms. The van der Waals surface area contributed by atoms with Gasteiger partial charge >= 0.3 is 0 Å². The number of fused-ring (bicyclic) bond motifs is 1. The number of amidine groups is 1. The molecule has 4 rings (SSSR count). The minimum atomic E-state index is -1.11. The van der Waals surface area contributed by atoms with Crippen LogP contribution in [0.1, 0.15) is 18.1 Å². The van der Waals surface area contributed by atoms with E-state index in [1.165, 1.54) is 36.2 Å². The number of halogens is 1. The second-order valence-corrected chi connectivity index (χ2v) is 7.11. The first-order chi connectivity index (χ1) is 15.4. The Morgan fingerprint density at radius 2 is 1.69 bits per heavy atom. The van der Waals surface area contributed by atoms with Gasteiger partial charge in [-0.1, -0.05) is 48.5 Å². The number of nitrogens with zero attached hydrogens (tertiary/aromatic N) is 2. The summed E-state index contributed by atoms with van der Waals surface area (Å²) in [5, 5.41) is 19.2. The maximum absolute atomic E-state index is 13.1. The largest absolute Gasteiger partial charge is 0.407 e. The van der Waals surface area contributed by atoms with Crippen LogP contribution < -0.4 is 5.32 Å². The number of ether oxygens (including phenoxy) is 1. The lowest BCUT2D eigenvalue weighted by Crippen LogP contribution is -2.45. The van der Waals surface area contributed by atoms with Crippen molar-refractivity contribution in [1.29, 1.82) is 10.8 Å². The predicted molar refractivity (Wildman–Crippen MR) is 123 cm³/mol. The Bertz CT molecular complexity index is 1220. The predicted octanol–water partition coefficient (Wildman–Crippen LogP) is 4.10. The van der Waals surface area contributed by atoms with E-state index in [4.69, 9.17) is 15.6 Å².